The summed E-state index contributed by atoms with van der Waals surface area (Å²) in [4.78, 5) is 22.4. The Bertz CT molecular complexity index is 1210. The van der Waals surface area contributed by atoms with E-state index in [1.54, 1.807) is 30.6 Å². The zero-order chi connectivity index (χ0) is 23.2. The van der Waals surface area contributed by atoms with Crippen LogP contribution in [0.1, 0.15) is 22.8 Å². The van der Waals surface area contributed by atoms with E-state index in [2.05, 4.69) is 20.3 Å². The number of rotatable bonds is 10. The first kappa shape index (κ1) is 22.3. The molecule has 0 radical (unpaired) electrons. The molecule has 2 atom stereocenters. The molecule has 0 saturated carbocycles. The van der Waals surface area contributed by atoms with Crippen LogP contribution in [0.3, 0.4) is 0 Å². The van der Waals surface area contributed by atoms with Crippen LogP contribution in [0.25, 0.3) is 11.0 Å². The van der Waals surface area contributed by atoms with E-state index in [0.29, 0.717) is 22.9 Å². The highest BCUT2D eigenvalue weighted by atomic mass is 16.6. The summed E-state index contributed by atoms with van der Waals surface area (Å²) in [7, 11) is 0. The summed E-state index contributed by atoms with van der Waals surface area (Å²) in [5.41, 5.74) is 8.35. The summed E-state index contributed by atoms with van der Waals surface area (Å²) in [6.07, 6.45) is 2.79. The van der Waals surface area contributed by atoms with Crippen molar-refractivity contribution in [3.05, 3.63) is 78.2 Å². The van der Waals surface area contributed by atoms with E-state index < -0.39 is 12.2 Å². The number of nitrogens with two attached hydrogens (primary N) is 1. The van der Waals surface area contributed by atoms with Crippen molar-refractivity contribution in [2.24, 2.45) is 5.73 Å². The molecule has 0 saturated heterocycles. The van der Waals surface area contributed by atoms with Crippen molar-refractivity contribution in [1.29, 1.82) is 0 Å². The Hall–Kier alpha value is -3.95. The maximum Gasteiger partial charge on any atom is 0.250 e. The fraction of sp³-hybridized carbons (Fsp3) is 0.208. The van der Waals surface area contributed by atoms with Crippen LogP contribution in [0, 0.1) is 0 Å². The van der Waals surface area contributed by atoms with Crippen molar-refractivity contribution in [1.82, 2.24) is 20.3 Å². The number of fused-ring (bicyclic) bond motifs is 1. The van der Waals surface area contributed by atoms with Crippen LogP contribution in [0.15, 0.2) is 67.1 Å². The lowest BCUT2D eigenvalue weighted by atomic mass is 10.1. The highest BCUT2D eigenvalue weighted by Crippen LogP contribution is 2.21. The van der Waals surface area contributed by atoms with Crippen LogP contribution in [-0.4, -0.2) is 44.8 Å². The van der Waals surface area contributed by atoms with Gasteiger partial charge in [0, 0.05) is 24.4 Å². The van der Waals surface area contributed by atoms with Crippen LogP contribution in [-0.2, 0) is 6.42 Å². The number of imidazole rings is 1. The van der Waals surface area contributed by atoms with Crippen LogP contribution in [0.5, 0.6) is 17.4 Å². The minimum atomic E-state index is -0.975. The molecule has 0 fully saturated rings. The van der Waals surface area contributed by atoms with Gasteiger partial charge >= 0.3 is 0 Å². The molecular weight excluding hydrogens is 422 g/mol. The summed E-state index contributed by atoms with van der Waals surface area (Å²) in [5, 5.41) is 13.5. The van der Waals surface area contributed by atoms with E-state index >= 15 is 0 Å². The molecule has 4 aromatic rings. The average molecular weight is 447 g/mol. The molecule has 0 spiro atoms. The second-order valence-corrected chi connectivity index (χ2v) is 7.66. The van der Waals surface area contributed by atoms with Gasteiger partial charge in [0.05, 0.1) is 29.5 Å². The van der Waals surface area contributed by atoms with Gasteiger partial charge in [-0.25, -0.2) is 9.97 Å². The predicted molar refractivity (Wildman–Crippen MR) is 123 cm³/mol. The van der Waals surface area contributed by atoms with Crippen molar-refractivity contribution in [3.63, 3.8) is 0 Å². The molecule has 0 bridgehead atoms. The van der Waals surface area contributed by atoms with E-state index in [4.69, 9.17) is 15.2 Å². The fourth-order valence-electron chi connectivity index (χ4n) is 3.32. The van der Waals surface area contributed by atoms with Gasteiger partial charge in [-0.1, -0.05) is 12.1 Å². The number of carbonyl (C=O) groups excluding carboxylic acids is 1. The van der Waals surface area contributed by atoms with Gasteiger partial charge in [-0.15, -0.1) is 0 Å². The summed E-state index contributed by atoms with van der Waals surface area (Å²) >= 11 is 0. The SMILES string of the molecule is CC(Cc1ccc(Oc2ccc(C(N)=O)cn2)cc1)NCC(O)Oc1ccc2nc[nH]c2c1. The monoisotopic (exact) mass is 447 g/mol. The summed E-state index contributed by atoms with van der Waals surface area (Å²) in [6.45, 7) is 2.33. The van der Waals surface area contributed by atoms with Gasteiger partial charge in [-0.2, -0.15) is 0 Å². The first-order valence-electron chi connectivity index (χ1n) is 10.5. The van der Waals surface area contributed by atoms with Crippen molar-refractivity contribution in [2.45, 2.75) is 25.7 Å². The zero-order valence-corrected chi connectivity index (χ0v) is 18.1. The summed E-state index contributed by atoms with van der Waals surface area (Å²) < 4.78 is 11.3. The Morgan fingerprint density at radius 3 is 2.64 bits per heavy atom. The third-order valence-corrected chi connectivity index (χ3v) is 5.01. The number of nitrogens with one attached hydrogen (secondary N) is 2. The van der Waals surface area contributed by atoms with Gasteiger partial charge in [0.15, 0.2) is 0 Å². The first-order valence-corrected chi connectivity index (χ1v) is 10.5. The zero-order valence-electron chi connectivity index (χ0n) is 18.1. The van der Waals surface area contributed by atoms with E-state index in [9.17, 15) is 9.90 Å². The molecule has 9 heteroatoms. The number of ether oxygens (including phenoxy) is 2. The Labute approximate surface area is 190 Å². The number of nitrogens with zero attached hydrogens (tertiary/aromatic N) is 2. The van der Waals surface area contributed by atoms with Gasteiger partial charge < -0.3 is 30.6 Å². The molecule has 2 unspecified atom stereocenters. The van der Waals surface area contributed by atoms with Crippen LogP contribution < -0.4 is 20.5 Å². The molecule has 5 N–H and O–H groups in total. The van der Waals surface area contributed by atoms with E-state index in [1.807, 2.05) is 37.3 Å². The number of benzene rings is 2. The van der Waals surface area contributed by atoms with Gasteiger partial charge in [-0.3, -0.25) is 4.79 Å². The Morgan fingerprint density at radius 1 is 1.12 bits per heavy atom. The lowest BCUT2D eigenvalue weighted by Crippen LogP contribution is -2.37. The standard InChI is InChI=1S/C24H25N5O4/c1-15(26-13-23(30)33-19-7-8-20-21(11-19)29-14-28-20)10-16-2-5-18(6-3-16)32-22-9-4-17(12-27-22)24(25)31/h2-9,11-12,14-15,23,26,30H,10,13H2,1H3,(H2,25,31)(H,28,29). The maximum atomic E-state index is 11.1. The number of aliphatic hydroxyl groups excluding tert-OH is 1. The predicted octanol–water partition coefficient (Wildman–Crippen LogP) is 2.77. The molecule has 0 aliphatic heterocycles. The highest BCUT2D eigenvalue weighted by Gasteiger charge is 2.11. The Kier molecular flexibility index (Phi) is 6.82. The highest BCUT2D eigenvalue weighted by molar-refractivity contribution is 5.92. The number of aliphatic hydroxyl groups is 1. The topological polar surface area (TPSA) is 135 Å². The normalized spacial score (nSPS) is 12.9. The number of carbonyl (C=O) groups is 1. The van der Waals surface area contributed by atoms with Crippen molar-refractivity contribution < 1.29 is 19.4 Å². The number of H-pyrrole nitrogens is 1. The molecule has 2 aromatic carbocycles. The third kappa shape index (κ3) is 6.06. The largest absolute Gasteiger partial charge is 0.464 e. The molecule has 1 amide bonds. The van der Waals surface area contributed by atoms with Gasteiger partial charge in [0.2, 0.25) is 18.1 Å². The minimum Gasteiger partial charge on any atom is -0.464 e. The second-order valence-electron chi connectivity index (χ2n) is 7.66. The first-order chi connectivity index (χ1) is 16.0. The van der Waals surface area contributed by atoms with Gasteiger partial charge in [0.25, 0.3) is 0 Å². The number of amides is 1. The lowest BCUT2D eigenvalue weighted by molar-refractivity contribution is -0.0166. The van der Waals surface area contributed by atoms with E-state index in [-0.39, 0.29) is 12.6 Å². The van der Waals surface area contributed by atoms with Gasteiger partial charge in [-0.05, 0) is 49.2 Å². The molecule has 33 heavy (non-hydrogen) atoms. The van der Waals surface area contributed by atoms with E-state index in [0.717, 1.165) is 23.0 Å². The summed E-state index contributed by atoms with van der Waals surface area (Å²) in [5.74, 6) is 1.05. The van der Waals surface area contributed by atoms with Crippen molar-refractivity contribution >= 4 is 16.9 Å². The third-order valence-electron chi connectivity index (χ3n) is 5.01. The van der Waals surface area contributed by atoms with E-state index in [1.165, 1.54) is 6.20 Å². The molecule has 2 heterocycles. The fourth-order valence-corrected chi connectivity index (χ4v) is 3.32. The maximum absolute atomic E-state index is 11.1. The molecule has 0 aliphatic rings. The van der Waals surface area contributed by atoms with Crippen LogP contribution >= 0.6 is 0 Å². The lowest BCUT2D eigenvalue weighted by Gasteiger charge is -2.18. The Morgan fingerprint density at radius 2 is 1.91 bits per heavy atom. The second kappa shape index (κ2) is 10.1. The smallest absolute Gasteiger partial charge is 0.250 e. The number of aromatic nitrogens is 3. The number of hydrogen-bond acceptors (Lipinski definition) is 7. The number of primary amides is 1. The number of hydrogen-bond donors (Lipinski definition) is 4. The van der Waals surface area contributed by atoms with Crippen molar-refractivity contribution in [2.75, 3.05) is 6.54 Å². The molecule has 0 aliphatic carbocycles. The number of aromatic amines is 1. The quantitative estimate of drug-likeness (QED) is 0.275. The van der Waals surface area contributed by atoms with Crippen molar-refractivity contribution in [3.8, 4) is 17.4 Å². The minimum absolute atomic E-state index is 0.119. The summed E-state index contributed by atoms with van der Waals surface area (Å²) in [6, 6.07) is 16.4. The molecular formula is C24H25N5O4. The molecule has 2 aromatic heterocycles. The number of pyridine rings is 1. The van der Waals surface area contributed by atoms with Crippen LogP contribution in [0.4, 0.5) is 0 Å². The molecule has 9 nitrogen and oxygen atoms in total. The van der Waals surface area contributed by atoms with Gasteiger partial charge in [0.1, 0.15) is 11.5 Å². The Balaban J connectivity index is 1.23. The molecule has 170 valence electrons. The molecule has 4 rings (SSSR count). The average Bonchev–Trinajstić information content (AvgIpc) is 3.27. The van der Waals surface area contributed by atoms with Crippen LogP contribution in [0.2, 0.25) is 0 Å².